The number of aromatic nitrogens is 2. The van der Waals surface area contributed by atoms with Crippen LogP contribution in [0.15, 0.2) is 83.8 Å². The van der Waals surface area contributed by atoms with Gasteiger partial charge in [0.2, 0.25) is 0 Å². The average Bonchev–Trinajstić information content (AvgIpc) is 3.08. The molecule has 0 saturated heterocycles. The van der Waals surface area contributed by atoms with Gasteiger partial charge < -0.3 is 0 Å². The fourth-order valence-electron chi connectivity index (χ4n) is 4.06. The molecule has 6 rings (SSSR count). The van der Waals surface area contributed by atoms with Crippen LogP contribution >= 0.6 is 11.6 Å². The van der Waals surface area contributed by atoms with Gasteiger partial charge in [-0.15, -0.1) is 0 Å². The average molecular weight is 444 g/mol. The Morgan fingerprint density at radius 1 is 0.742 bits per heavy atom. The monoisotopic (exact) mass is 443 g/mol. The number of fused-ring (bicyclic) bond motifs is 4. The molecule has 1 aromatic heterocycles. The number of nitrogens with zero attached hydrogens (tertiary/aromatic N) is 2. The molecule has 1 heterocycles. The molecule has 5 nitrogen and oxygen atoms in total. The zero-order valence-electron chi connectivity index (χ0n) is 16.0. The van der Waals surface area contributed by atoms with Gasteiger partial charge in [0, 0.05) is 16.5 Å². The lowest BCUT2D eigenvalue weighted by atomic mass is 10.0. The smallest absolute Gasteiger partial charge is 0.262 e. The highest BCUT2D eigenvalue weighted by Gasteiger charge is 2.25. The topological polar surface area (TPSA) is 72.0 Å². The van der Waals surface area contributed by atoms with E-state index in [9.17, 15) is 8.42 Å². The maximum atomic E-state index is 12.9. The summed E-state index contributed by atoms with van der Waals surface area (Å²) in [4.78, 5) is 9.73. The Hall–Kier alpha value is -3.48. The third kappa shape index (κ3) is 2.80. The zero-order chi connectivity index (χ0) is 21.2. The van der Waals surface area contributed by atoms with Crippen LogP contribution in [0.25, 0.3) is 44.3 Å². The van der Waals surface area contributed by atoms with Crippen molar-refractivity contribution in [3.8, 4) is 22.5 Å². The van der Waals surface area contributed by atoms with Crippen molar-refractivity contribution in [2.24, 2.45) is 0 Å². The highest BCUT2D eigenvalue weighted by atomic mass is 35.5. The van der Waals surface area contributed by atoms with Gasteiger partial charge >= 0.3 is 0 Å². The Kier molecular flexibility index (Phi) is 3.84. The van der Waals surface area contributed by atoms with Crippen LogP contribution in [-0.2, 0) is 10.0 Å². The number of benzene rings is 4. The molecular formula is C24H14ClN3O2S. The van der Waals surface area contributed by atoms with Crippen LogP contribution in [0.3, 0.4) is 0 Å². The van der Waals surface area contributed by atoms with Crippen molar-refractivity contribution in [3.05, 3.63) is 83.9 Å². The largest absolute Gasteiger partial charge is 0.278 e. The van der Waals surface area contributed by atoms with Crippen LogP contribution in [0.5, 0.6) is 0 Å². The fraction of sp³-hybridized carbons (Fsp3) is 0. The Morgan fingerprint density at radius 2 is 1.42 bits per heavy atom. The number of hydrogen-bond acceptors (Lipinski definition) is 4. The van der Waals surface area contributed by atoms with E-state index in [-0.39, 0.29) is 4.90 Å². The second-order valence-electron chi connectivity index (χ2n) is 7.37. The number of rotatable bonds is 3. The molecule has 0 amide bonds. The van der Waals surface area contributed by atoms with E-state index < -0.39 is 10.0 Å². The van der Waals surface area contributed by atoms with Crippen LogP contribution in [-0.4, -0.2) is 18.4 Å². The van der Waals surface area contributed by atoms with Crippen LogP contribution < -0.4 is 4.72 Å². The minimum absolute atomic E-state index is 0.0999. The van der Waals surface area contributed by atoms with Gasteiger partial charge in [-0.25, -0.2) is 18.4 Å². The molecule has 5 aromatic rings. The highest BCUT2D eigenvalue weighted by Crippen LogP contribution is 2.45. The Labute approximate surface area is 183 Å². The minimum atomic E-state index is -3.84. The number of sulfonamides is 1. The molecule has 1 aliphatic carbocycles. The first-order valence-corrected chi connectivity index (χ1v) is 11.5. The van der Waals surface area contributed by atoms with Crippen molar-refractivity contribution >= 4 is 49.1 Å². The molecule has 0 atom stereocenters. The van der Waals surface area contributed by atoms with Crippen LogP contribution in [0.4, 0.5) is 5.69 Å². The summed E-state index contributed by atoms with van der Waals surface area (Å²) in [5, 5.41) is 2.59. The van der Waals surface area contributed by atoms with Crippen LogP contribution in [0.2, 0.25) is 5.02 Å². The molecule has 0 bridgehead atoms. The lowest BCUT2D eigenvalue weighted by Gasteiger charge is -2.10. The second kappa shape index (κ2) is 6.51. The first-order valence-electron chi connectivity index (χ1n) is 9.63. The predicted octanol–water partition coefficient (Wildman–Crippen LogP) is 5.88. The lowest BCUT2D eigenvalue weighted by molar-refractivity contribution is 0.601. The van der Waals surface area contributed by atoms with Crippen molar-refractivity contribution in [2.75, 3.05) is 4.72 Å². The van der Waals surface area contributed by atoms with Gasteiger partial charge in [-0.1, -0.05) is 60.1 Å². The van der Waals surface area contributed by atoms with Gasteiger partial charge in [0.25, 0.3) is 10.0 Å². The quantitative estimate of drug-likeness (QED) is 0.370. The van der Waals surface area contributed by atoms with E-state index in [1.165, 1.54) is 6.07 Å². The highest BCUT2D eigenvalue weighted by molar-refractivity contribution is 7.92. The van der Waals surface area contributed by atoms with Crippen molar-refractivity contribution in [2.45, 2.75) is 4.90 Å². The standard InChI is InChI=1S/C24H14ClN3O2S/c25-18-9-1-2-10-19(18)28-31(29,30)15-11-12-20-21(13-15)27-24-17-8-4-6-14-5-3-7-16(22(14)17)23(24)26-20/h1-13,28H. The van der Waals surface area contributed by atoms with Gasteiger partial charge in [-0.2, -0.15) is 0 Å². The van der Waals surface area contributed by atoms with E-state index in [1.807, 2.05) is 24.3 Å². The maximum absolute atomic E-state index is 12.9. The van der Waals surface area contributed by atoms with Crippen molar-refractivity contribution < 1.29 is 8.42 Å². The van der Waals surface area contributed by atoms with E-state index >= 15 is 0 Å². The normalized spacial score (nSPS) is 12.3. The number of nitrogens with one attached hydrogen (secondary N) is 1. The van der Waals surface area contributed by atoms with E-state index in [0.717, 1.165) is 33.3 Å². The van der Waals surface area contributed by atoms with E-state index in [2.05, 4.69) is 16.9 Å². The molecule has 7 heteroatoms. The zero-order valence-corrected chi connectivity index (χ0v) is 17.6. The molecule has 4 aromatic carbocycles. The lowest BCUT2D eigenvalue weighted by Crippen LogP contribution is -2.13. The van der Waals surface area contributed by atoms with Gasteiger partial charge in [-0.3, -0.25) is 4.72 Å². The second-order valence-corrected chi connectivity index (χ2v) is 9.46. The molecule has 150 valence electrons. The first kappa shape index (κ1) is 18.3. The fourth-order valence-corrected chi connectivity index (χ4v) is 5.40. The molecule has 31 heavy (non-hydrogen) atoms. The number of anilines is 1. The summed E-state index contributed by atoms with van der Waals surface area (Å²) in [5.74, 6) is 0. The van der Waals surface area contributed by atoms with E-state index in [1.54, 1.807) is 36.4 Å². The third-order valence-corrected chi connectivity index (χ3v) is 7.17. The van der Waals surface area contributed by atoms with Gasteiger partial charge in [0.1, 0.15) is 0 Å². The minimum Gasteiger partial charge on any atom is -0.278 e. The molecule has 0 fully saturated rings. The summed E-state index contributed by atoms with van der Waals surface area (Å²) in [6.07, 6.45) is 0. The molecule has 0 unspecified atom stereocenters. The summed E-state index contributed by atoms with van der Waals surface area (Å²) < 4.78 is 28.4. The van der Waals surface area contributed by atoms with E-state index in [0.29, 0.717) is 21.7 Å². The summed E-state index contributed by atoms with van der Waals surface area (Å²) in [6, 6.07) is 23.7. The Morgan fingerprint density at radius 3 is 2.13 bits per heavy atom. The molecule has 1 N–H and O–H groups in total. The summed E-state index contributed by atoms with van der Waals surface area (Å²) in [7, 11) is -3.84. The molecule has 1 aliphatic rings. The van der Waals surface area contributed by atoms with Gasteiger partial charge in [0.05, 0.1) is 38.0 Å². The molecule has 0 saturated carbocycles. The summed E-state index contributed by atoms with van der Waals surface area (Å²) >= 11 is 6.11. The molecule has 0 aliphatic heterocycles. The predicted molar refractivity (Wildman–Crippen MR) is 124 cm³/mol. The van der Waals surface area contributed by atoms with Gasteiger partial charge in [-0.05, 0) is 35.7 Å². The molecule has 0 spiro atoms. The van der Waals surface area contributed by atoms with Crippen LogP contribution in [0, 0.1) is 0 Å². The van der Waals surface area contributed by atoms with Crippen LogP contribution in [0.1, 0.15) is 0 Å². The van der Waals surface area contributed by atoms with Crippen molar-refractivity contribution in [1.29, 1.82) is 0 Å². The Bertz CT molecular complexity index is 1640. The third-order valence-electron chi connectivity index (χ3n) is 5.48. The van der Waals surface area contributed by atoms with Crippen molar-refractivity contribution in [1.82, 2.24) is 9.97 Å². The SMILES string of the molecule is O=S(=O)(Nc1ccccc1Cl)c1ccc2nc3c(nc2c1)-c1cccc2cccc-3c12. The van der Waals surface area contributed by atoms with Gasteiger partial charge in [0.15, 0.2) is 0 Å². The molecular weight excluding hydrogens is 430 g/mol. The first-order chi connectivity index (χ1) is 15.0. The molecule has 0 radical (unpaired) electrons. The van der Waals surface area contributed by atoms with Crippen molar-refractivity contribution in [3.63, 3.8) is 0 Å². The number of hydrogen-bond donors (Lipinski definition) is 1. The van der Waals surface area contributed by atoms with E-state index in [4.69, 9.17) is 21.6 Å². The number of halogens is 1. The number of para-hydroxylation sites is 1. The maximum Gasteiger partial charge on any atom is 0.262 e. The Balaban J connectivity index is 1.50. The summed E-state index contributed by atoms with van der Waals surface area (Å²) in [6.45, 7) is 0. The summed E-state index contributed by atoms with van der Waals surface area (Å²) in [5.41, 5.74) is 5.14.